The Bertz CT molecular complexity index is 1030. The molecule has 0 saturated carbocycles. The molecule has 2 fully saturated rings. The van der Waals surface area contributed by atoms with Crippen LogP contribution in [0.4, 0.5) is 14.5 Å². The molecular formula is C23H26F2N6O. The lowest BCUT2D eigenvalue weighted by atomic mass is 10.0. The summed E-state index contributed by atoms with van der Waals surface area (Å²) in [7, 11) is 0. The zero-order valence-corrected chi connectivity index (χ0v) is 17.8. The van der Waals surface area contributed by atoms with E-state index < -0.39 is 0 Å². The van der Waals surface area contributed by atoms with Crippen LogP contribution in [0.2, 0.25) is 0 Å². The molecule has 7 nitrogen and oxygen atoms in total. The molecule has 168 valence electrons. The Kier molecular flexibility index (Phi) is 6.09. The number of para-hydroxylation sites is 1. The van der Waals surface area contributed by atoms with Crippen molar-refractivity contribution in [2.24, 2.45) is 0 Å². The van der Waals surface area contributed by atoms with Crippen LogP contribution >= 0.6 is 0 Å². The van der Waals surface area contributed by atoms with E-state index >= 15 is 0 Å². The van der Waals surface area contributed by atoms with E-state index in [2.05, 4.69) is 25.3 Å². The maximum Gasteiger partial charge on any atom is 0.173 e. The lowest BCUT2D eigenvalue weighted by molar-refractivity contribution is 0.0906. The van der Waals surface area contributed by atoms with Gasteiger partial charge in [-0.15, -0.1) is 5.10 Å². The predicted octanol–water partition coefficient (Wildman–Crippen LogP) is 3.04. The van der Waals surface area contributed by atoms with Crippen LogP contribution in [0.15, 0.2) is 48.5 Å². The van der Waals surface area contributed by atoms with Gasteiger partial charge < -0.3 is 9.64 Å². The predicted molar refractivity (Wildman–Crippen MR) is 115 cm³/mol. The molecule has 0 radical (unpaired) electrons. The summed E-state index contributed by atoms with van der Waals surface area (Å²) in [6, 6.07) is 13.1. The molecule has 3 aromatic rings. The van der Waals surface area contributed by atoms with Crippen LogP contribution in [0, 0.1) is 11.6 Å². The number of piperazine rings is 1. The monoisotopic (exact) mass is 440 g/mol. The molecule has 0 unspecified atom stereocenters. The maximum absolute atomic E-state index is 14.3. The standard InChI is InChI=1S/C23H26F2N6O/c24-18-9-7-17(8-10-18)22(23-26-27-28-31(23)16-19-4-3-15-32-19)30-13-11-29(12-14-30)21-6-2-1-5-20(21)25/h1-2,5-10,19,22H,3-4,11-16H2/t19-,22+/m1/s1. The van der Waals surface area contributed by atoms with Gasteiger partial charge in [-0.3, -0.25) is 4.90 Å². The van der Waals surface area contributed by atoms with Crippen molar-refractivity contribution < 1.29 is 13.5 Å². The zero-order valence-electron chi connectivity index (χ0n) is 17.8. The van der Waals surface area contributed by atoms with Crippen molar-refractivity contribution in [1.82, 2.24) is 25.1 Å². The molecule has 0 N–H and O–H groups in total. The first-order valence-corrected chi connectivity index (χ1v) is 11.1. The van der Waals surface area contributed by atoms with Crippen LogP contribution in [-0.4, -0.2) is 64.0 Å². The third-order valence-corrected chi connectivity index (χ3v) is 6.26. The minimum atomic E-state index is -0.282. The van der Waals surface area contributed by atoms with Gasteiger partial charge in [0.1, 0.15) is 11.6 Å². The largest absolute Gasteiger partial charge is 0.376 e. The third-order valence-electron chi connectivity index (χ3n) is 6.26. The summed E-state index contributed by atoms with van der Waals surface area (Å²) in [5.41, 5.74) is 1.54. The number of rotatable bonds is 6. The molecule has 2 aliphatic heterocycles. The smallest absolute Gasteiger partial charge is 0.173 e. The van der Waals surface area contributed by atoms with Gasteiger partial charge in [0.25, 0.3) is 0 Å². The number of hydrogen-bond acceptors (Lipinski definition) is 6. The summed E-state index contributed by atoms with van der Waals surface area (Å²) >= 11 is 0. The van der Waals surface area contributed by atoms with E-state index in [1.165, 1.54) is 18.2 Å². The number of benzene rings is 2. The fraction of sp³-hybridized carbons (Fsp3) is 0.435. The van der Waals surface area contributed by atoms with Crippen molar-refractivity contribution in [3.05, 3.63) is 71.6 Å². The van der Waals surface area contributed by atoms with Crippen molar-refractivity contribution in [1.29, 1.82) is 0 Å². The second-order valence-corrected chi connectivity index (χ2v) is 8.28. The highest BCUT2D eigenvalue weighted by atomic mass is 19.1. The summed E-state index contributed by atoms with van der Waals surface area (Å²) in [4.78, 5) is 4.34. The van der Waals surface area contributed by atoms with E-state index in [4.69, 9.17) is 4.74 Å². The van der Waals surface area contributed by atoms with Gasteiger partial charge in [0.05, 0.1) is 24.4 Å². The van der Waals surface area contributed by atoms with E-state index in [-0.39, 0.29) is 23.8 Å². The highest BCUT2D eigenvalue weighted by molar-refractivity contribution is 5.48. The summed E-state index contributed by atoms with van der Waals surface area (Å²) < 4.78 is 35.5. The summed E-state index contributed by atoms with van der Waals surface area (Å²) in [6.45, 7) is 4.10. The molecule has 32 heavy (non-hydrogen) atoms. The summed E-state index contributed by atoms with van der Waals surface area (Å²) in [5, 5.41) is 12.5. The van der Waals surface area contributed by atoms with Gasteiger partial charge in [-0.25, -0.2) is 13.5 Å². The molecule has 2 aliphatic rings. The normalized spacial score (nSPS) is 20.6. The lowest BCUT2D eigenvalue weighted by Crippen LogP contribution is -2.48. The van der Waals surface area contributed by atoms with E-state index in [1.54, 1.807) is 18.2 Å². The maximum atomic E-state index is 14.3. The Morgan fingerprint density at radius 3 is 2.50 bits per heavy atom. The number of hydrogen-bond donors (Lipinski definition) is 0. The number of anilines is 1. The van der Waals surface area contributed by atoms with Gasteiger partial charge in [0, 0.05) is 32.8 Å². The van der Waals surface area contributed by atoms with Gasteiger partial charge >= 0.3 is 0 Å². The summed E-state index contributed by atoms with van der Waals surface area (Å²) in [6.07, 6.45) is 2.13. The number of nitrogens with zero attached hydrogens (tertiary/aromatic N) is 6. The summed E-state index contributed by atoms with van der Waals surface area (Å²) in [5.74, 6) is 0.221. The molecule has 0 bridgehead atoms. The molecule has 0 aliphatic carbocycles. The fourth-order valence-corrected chi connectivity index (χ4v) is 4.62. The molecule has 9 heteroatoms. The van der Waals surface area contributed by atoms with Crippen molar-refractivity contribution in [2.75, 3.05) is 37.7 Å². The van der Waals surface area contributed by atoms with E-state index in [9.17, 15) is 8.78 Å². The van der Waals surface area contributed by atoms with Crippen LogP contribution < -0.4 is 4.90 Å². The topological polar surface area (TPSA) is 59.3 Å². The molecule has 3 heterocycles. The first-order valence-electron chi connectivity index (χ1n) is 11.1. The molecule has 2 aromatic carbocycles. The van der Waals surface area contributed by atoms with Gasteiger partial charge in [0.15, 0.2) is 5.82 Å². The van der Waals surface area contributed by atoms with E-state index in [0.29, 0.717) is 44.2 Å². The molecule has 0 spiro atoms. The lowest BCUT2D eigenvalue weighted by Gasteiger charge is -2.40. The Hall–Kier alpha value is -2.91. The number of halogens is 2. The van der Waals surface area contributed by atoms with E-state index in [0.717, 1.165) is 25.0 Å². The van der Waals surface area contributed by atoms with Crippen LogP contribution in [0.3, 0.4) is 0 Å². The van der Waals surface area contributed by atoms with Crippen LogP contribution in [0.25, 0.3) is 0 Å². The molecule has 2 saturated heterocycles. The minimum absolute atomic E-state index is 0.101. The highest BCUT2D eigenvalue weighted by Gasteiger charge is 2.32. The van der Waals surface area contributed by atoms with E-state index in [1.807, 2.05) is 16.8 Å². The number of aromatic nitrogens is 4. The van der Waals surface area contributed by atoms with Crippen molar-refractivity contribution >= 4 is 5.69 Å². The van der Waals surface area contributed by atoms with Gasteiger partial charge in [-0.2, -0.15) is 0 Å². The quantitative estimate of drug-likeness (QED) is 0.587. The van der Waals surface area contributed by atoms with Crippen molar-refractivity contribution in [2.45, 2.75) is 31.5 Å². The van der Waals surface area contributed by atoms with Crippen LogP contribution in [0.5, 0.6) is 0 Å². The van der Waals surface area contributed by atoms with Crippen molar-refractivity contribution in [3.63, 3.8) is 0 Å². The highest BCUT2D eigenvalue weighted by Crippen LogP contribution is 2.30. The zero-order chi connectivity index (χ0) is 21.9. The van der Waals surface area contributed by atoms with Gasteiger partial charge in [-0.1, -0.05) is 24.3 Å². The van der Waals surface area contributed by atoms with Crippen LogP contribution in [-0.2, 0) is 11.3 Å². The van der Waals surface area contributed by atoms with Crippen LogP contribution in [0.1, 0.15) is 30.3 Å². The molecule has 2 atom stereocenters. The Labute approximate surface area is 185 Å². The average Bonchev–Trinajstić information content (AvgIpc) is 3.49. The SMILES string of the molecule is Fc1ccc([C@@H](c2nnnn2C[C@H]2CCCO2)N2CCN(c3ccccc3F)CC2)cc1. The third kappa shape index (κ3) is 4.35. The second-order valence-electron chi connectivity index (χ2n) is 8.28. The Morgan fingerprint density at radius 1 is 1.00 bits per heavy atom. The molecular weight excluding hydrogens is 414 g/mol. The van der Waals surface area contributed by atoms with Gasteiger partial charge in [0.2, 0.25) is 0 Å². The fourth-order valence-electron chi connectivity index (χ4n) is 4.62. The average molecular weight is 440 g/mol. The second kappa shape index (κ2) is 9.30. The van der Waals surface area contributed by atoms with Gasteiger partial charge in [-0.05, 0) is 53.1 Å². The first-order chi connectivity index (χ1) is 15.7. The number of tetrazole rings is 1. The number of ether oxygens (including phenoxy) is 1. The minimum Gasteiger partial charge on any atom is -0.376 e. The van der Waals surface area contributed by atoms with Crippen molar-refractivity contribution in [3.8, 4) is 0 Å². The Morgan fingerprint density at radius 2 is 1.78 bits per heavy atom. The molecule has 0 amide bonds. The Balaban J connectivity index is 1.40. The first kappa shape index (κ1) is 21.0. The molecule has 5 rings (SSSR count). The molecule has 1 aromatic heterocycles.